The molecule has 0 fully saturated rings. The molecule has 0 unspecified atom stereocenters. The molecule has 1 heterocycles. The van der Waals surface area contributed by atoms with Crippen LogP contribution in [-0.4, -0.2) is 14.9 Å². The summed E-state index contributed by atoms with van der Waals surface area (Å²) in [5.41, 5.74) is 0.994. The largest absolute Gasteiger partial charge is 0.434 e. The van der Waals surface area contributed by atoms with Gasteiger partial charge in [-0.05, 0) is 42.3 Å². The molecule has 0 aliphatic carbocycles. The van der Waals surface area contributed by atoms with Gasteiger partial charge in [0.2, 0.25) is 5.82 Å². The number of nitrogens with one attached hydrogen (secondary N) is 1. The van der Waals surface area contributed by atoms with Gasteiger partial charge in [0.1, 0.15) is 17.9 Å². The van der Waals surface area contributed by atoms with Gasteiger partial charge in [0, 0.05) is 5.69 Å². The number of aromatic nitrogens is 2. The Morgan fingerprint density at radius 2 is 1.96 bits per heavy atom. The average molecular weight is 389 g/mol. The molecule has 0 bridgehead atoms. The van der Waals surface area contributed by atoms with Crippen LogP contribution in [0, 0.1) is 15.9 Å². The van der Waals surface area contributed by atoms with Gasteiger partial charge in [0.25, 0.3) is 0 Å². The molecule has 9 heteroatoms. The zero-order valence-electron chi connectivity index (χ0n) is 14.1. The maximum Gasteiger partial charge on any atom is 0.373 e. The predicted octanol–water partition coefficient (Wildman–Crippen LogP) is 5.28. The van der Waals surface area contributed by atoms with Crippen LogP contribution in [0.1, 0.15) is 12.5 Å². The lowest BCUT2D eigenvalue weighted by molar-refractivity contribution is -0.385. The molecule has 0 saturated heterocycles. The first kappa shape index (κ1) is 18.5. The van der Waals surface area contributed by atoms with Crippen LogP contribution in [0.3, 0.4) is 0 Å². The summed E-state index contributed by atoms with van der Waals surface area (Å²) in [6.07, 6.45) is 2.00. The van der Waals surface area contributed by atoms with Crippen molar-refractivity contribution < 1.29 is 14.1 Å². The van der Waals surface area contributed by atoms with Crippen molar-refractivity contribution in [3.63, 3.8) is 0 Å². The number of anilines is 2. The van der Waals surface area contributed by atoms with Gasteiger partial charge in [0.15, 0.2) is 0 Å². The van der Waals surface area contributed by atoms with Crippen molar-refractivity contribution >= 4 is 28.8 Å². The third-order valence-electron chi connectivity index (χ3n) is 3.70. The number of hydrogen-bond donors (Lipinski definition) is 1. The zero-order chi connectivity index (χ0) is 19.4. The molecule has 0 spiro atoms. The number of halogens is 2. The number of ether oxygens (including phenoxy) is 1. The molecule has 3 aromatic rings. The third kappa shape index (κ3) is 4.29. The standard InChI is InChI=1S/C18H14ClFN4O3/c1-2-11-3-6-13(7-4-11)27-18-16(24(25)26)17(21-10-22-18)23-12-5-8-15(20)14(19)9-12/h3-10H,2H2,1H3,(H,21,22,23). The fourth-order valence-corrected chi connectivity index (χ4v) is 2.49. The first-order valence-corrected chi connectivity index (χ1v) is 8.34. The van der Waals surface area contributed by atoms with Gasteiger partial charge in [-0.1, -0.05) is 30.7 Å². The number of nitro groups is 1. The van der Waals surface area contributed by atoms with E-state index in [2.05, 4.69) is 15.3 Å². The fraction of sp³-hybridized carbons (Fsp3) is 0.111. The number of rotatable bonds is 6. The third-order valence-corrected chi connectivity index (χ3v) is 3.99. The Hall–Kier alpha value is -3.26. The highest BCUT2D eigenvalue weighted by molar-refractivity contribution is 6.31. The minimum absolute atomic E-state index is 0.0992. The highest BCUT2D eigenvalue weighted by Gasteiger charge is 2.25. The van der Waals surface area contributed by atoms with Crippen molar-refractivity contribution in [2.45, 2.75) is 13.3 Å². The normalized spacial score (nSPS) is 10.5. The van der Waals surface area contributed by atoms with Gasteiger partial charge in [-0.15, -0.1) is 0 Å². The highest BCUT2D eigenvalue weighted by atomic mass is 35.5. The quantitative estimate of drug-likeness (QED) is 0.456. The van der Waals surface area contributed by atoms with E-state index in [0.717, 1.165) is 24.4 Å². The van der Waals surface area contributed by atoms with Crippen molar-refractivity contribution in [3.05, 3.63) is 75.3 Å². The molecule has 0 saturated carbocycles. The molecule has 27 heavy (non-hydrogen) atoms. The van der Waals surface area contributed by atoms with Crippen LogP contribution >= 0.6 is 11.6 Å². The molecule has 0 radical (unpaired) electrons. The van der Waals surface area contributed by atoms with Crippen LogP contribution < -0.4 is 10.1 Å². The molecule has 0 aliphatic heterocycles. The van der Waals surface area contributed by atoms with Crippen LogP contribution in [0.15, 0.2) is 48.8 Å². The number of benzene rings is 2. The minimum Gasteiger partial charge on any atom is -0.434 e. The molecule has 138 valence electrons. The van der Waals surface area contributed by atoms with E-state index in [0.29, 0.717) is 11.4 Å². The summed E-state index contributed by atoms with van der Waals surface area (Å²) in [5.74, 6) is -0.503. The van der Waals surface area contributed by atoms with Crippen molar-refractivity contribution in [2.75, 3.05) is 5.32 Å². The second-order valence-corrected chi connectivity index (χ2v) is 5.89. The molecule has 7 nitrogen and oxygen atoms in total. The molecular weight excluding hydrogens is 375 g/mol. The van der Waals surface area contributed by atoms with E-state index in [-0.39, 0.29) is 16.7 Å². The summed E-state index contributed by atoms with van der Waals surface area (Å²) in [5, 5.41) is 14.2. The van der Waals surface area contributed by atoms with E-state index in [1.165, 1.54) is 12.1 Å². The SMILES string of the molecule is CCc1ccc(Oc2ncnc(Nc3ccc(F)c(Cl)c3)c2[N+](=O)[O-])cc1. The first-order chi connectivity index (χ1) is 13.0. The summed E-state index contributed by atoms with van der Waals surface area (Å²) in [4.78, 5) is 18.7. The van der Waals surface area contributed by atoms with Gasteiger partial charge in [-0.3, -0.25) is 10.1 Å². The highest BCUT2D eigenvalue weighted by Crippen LogP contribution is 2.35. The van der Waals surface area contributed by atoms with Gasteiger partial charge in [0.05, 0.1) is 9.95 Å². The molecule has 2 aromatic carbocycles. The Morgan fingerprint density at radius 3 is 2.59 bits per heavy atom. The molecule has 3 rings (SSSR count). The van der Waals surface area contributed by atoms with Gasteiger partial charge in [-0.25, -0.2) is 9.37 Å². The Morgan fingerprint density at radius 1 is 1.22 bits per heavy atom. The van der Waals surface area contributed by atoms with E-state index < -0.39 is 16.4 Å². The van der Waals surface area contributed by atoms with Gasteiger partial charge in [-0.2, -0.15) is 4.98 Å². The fourth-order valence-electron chi connectivity index (χ4n) is 2.31. The first-order valence-electron chi connectivity index (χ1n) is 7.96. The molecule has 1 N–H and O–H groups in total. The van der Waals surface area contributed by atoms with Crippen LogP contribution in [0.4, 0.5) is 21.6 Å². The van der Waals surface area contributed by atoms with Crippen LogP contribution in [0.2, 0.25) is 5.02 Å². The van der Waals surface area contributed by atoms with Crippen LogP contribution in [-0.2, 0) is 6.42 Å². The minimum atomic E-state index is -0.650. The van der Waals surface area contributed by atoms with Gasteiger partial charge < -0.3 is 10.1 Å². The summed E-state index contributed by atoms with van der Waals surface area (Å²) < 4.78 is 18.9. The number of hydrogen-bond acceptors (Lipinski definition) is 6. The number of aryl methyl sites for hydroxylation is 1. The van der Waals surface area contributed by atoms with Crippen molar-refractivity contribution in [3.8, 4) is 11.6 Å². The lowest BCUT2D eigenvalue weighted by atomic mass is 10.2. The topological polar surface area (TPSA) is 90.2 Å². The maximum absolute atomic E-state index is 13.3. The Labute approximate surface area is 158 Å². The molecule has 0 amide bonds. The van der Waals surface area contributed by atoms with Crippen molar-refractivity contribution in [1.82, 2.24) is 9.97 Å². The lowest BCUT2D eigenvalue weighted by Gasteiger charge is -2.10. The van der Waals surface area contributed by atoms with E-state index in [4.69, 9.17) is 16.3 Å². The summed E-state index contributed by atoms with van der Waals surface area (Å²) in [7, 11) is 0. The average Bonchev–Trinajstić information content (AvgIpc) is 2.65. The van der Waals surface area contributed by atoms with E-state index in [9.17, 15) is 14.5 Å². The predicted molar refractivity (Wildman–Crippen MR) is 99.3 cm³/mol. The van der Waals surface area contributed by atoms with Crippen molar-refractivity contribution in [2.24, 2.45) is 0 Å². The Bertz CT molecular complexity index is 983. The second-order valence-electron chi connectivity index (χ2n) is 5.49. The smallest absolute Gasteiger partial charge is 0.373 e. The second kappa shape index (κ2) is 7.96. The zero-order valence-corrected chi connectivity index (χ0v) is 14.9. The van der Waals surface area contributed by atoms with Gasteiger partial charge >= 0.3 is 11.6 Å². The molecule has 0 atom stereocenters. The monoisotopic (exact) mass is 388 g/mol. The van der Waals surface area contributed by atoms with E-state index >= 15 is 0 Å². The van der Waals surface area contributed by atoms with Crippen LogP contribution in [0.25, 0.3) is 0 Å². The summed E-state index contributed by atoms with van der Waals surface area (Å²) in [6.45, 7) is 2.02. The van der Waals surface area contributed by atoms with Crippen molar-refractivity contribution in [1.29, 1.82) is 0 Å². The Kier molecular flexibility index (Phi) is 5.46. The number of nitrogens with zero attached hydrogens (tertiary/aromatic N) is 3. The Balaban J connectivity index is 1.94. The molecule has 1 aromatic heterocycles. The molecule has 0 aliphatic rings. The van der Waals surface area contributed by atoms with Crippen LogP contribution in [0.5, 0.6) is 11.6 Å². The van der Waals surface area contributed by atoms with E-state index in [1.807, 2.05) is 19.1 Å². The summed E-state index contributed by atoms with van der Waals surface area (Å²) >= 11 is 5.74. The molecular formula is C18H14ClFN4O3. The summed E-state index contributed by atoms with van der Waals surface area (Å²) in [6, 6.07) is 11.0. The lowest BCUT2D eigenvalue weighted by Crippen LogP contribution is -2.03. The van der Waals surface area contributed by atoms with E-state index in [1.54, 1.807) is 12.1 Å². The maximum atomic E-state index is 13.3.